The zero-order valence-corrected chi connectivity index (χ0v) is 13.5. The molecule has 0 heterocycles. The number of unbranched alkanes of at least 4 members (excludes halogenated alkanes) is 1. The van der Waals surface area contributed by atoms with Crippen molar-refractivity contribution in [2.45, 2.75) is 41.1 Å². The maximum atomic E-state index is 11.9. The first-order valence-electron chi connectivity index (χ1n) is 6.27. The Morgan fingerprint density at radius 2 is 2.06 bits per heavy atom. The molecule has 18 heavy (non-hydrogen) atoms. The van der Waals surface area contributed by atoms with Crippen molar-refractivity contribution in [3.05, 3.63) is 30.3 Å². The number of carbonyl (C=O) groups excluding carboxylic acids is 1. The fourth-order valence-electron chi connectivity index (χ4n) is 1.32. The number of carbonyl (C=O) groups is 1. The van der Waals surface area contributed by atoms with E-state index in [9.17, 15) is 4.79 Å². The van der Waals surface area contributed by atoms with Crippen molar-refractivity contribution in [3.8, 4) is 0 Å². The van der Waals surface area contributed by atoms with E-state index in [0.717, 1.165) is 10.2 Å². The van der Waals surface area contributed by atoms with E-state index in [1.165, 1.54) is 12.8 Å². The van der Waals surface area contributed by atoms with Crippen molar-refractivity contribution in [2.24, 2.45) is 0 Å². The molecule has 1 aromatic rings. The van der Waals surface area contributed by atoms with Gasteiger partial charge < -0.3 is 0 Å². The molecule has 0 saturated heterocycles. The molecule has 0 saturated carbocycles. The summed E-state index contributed by atoms with van der Waals surface area (Å²) in [4.78, 5) is 13.1. The van der Waals surface area contributed by atoms with Gasteiger partial charge in [0, 0.05) is 0 Å². The van der Waals surface area contributed by atoms with E-state index in [4.69, 9.17) is 4.74 Å². The third kappa shape index (κ3) is 5.94. The molecule has 1 atom stereocenters. The summed E-state index contributed by atoms with van der Waals surface area (Å²) in [6.45, 7) is 4.51. The van der Waals surface area contributed by atoms with Crippen LogP contribution in [0.1, 0.15) is 26.7 Å². The summed E-state index contributed by atoms with van der Waals surface area (Å²) in [6.07, 6.45) is 2.39. The molecule has 1 rings (SSSR count). The van der Waals surface area contributed by atoms with Crippen molar-refractivity contribution in [1.29, 1.82) is 0 Å². The van der Waals surface area contributed by atoms with Crippen molar-refractivity contribution >= 4 is 32.7 Å². The van der Waals surface area contributed by atoms with Gasteiger partial charge in [0.2, 0.25) is 0 Å². The third-order valence-electron chi connectivity index (χ3n) is 2.23. The SMILES string of the molecule is CCCC[Se]C(Sc1ccccc1)C(=O)OCC. The summed E-state index contributed by atoms with van der Waals surface area (Å²) in [6, 6.07) is 10.1. The van der Waals surface area contributed by atoms with Crippen LogP contribution < -0.4 is 0 Å². The van der Waals surface area contributed by atoms with Gasteiger partial charge in [-0.25, -0.2) is 0 Å². The van der Waals surface area contributed by atoms with E-state index in [1.807, 2.05) is 37.3 Å². The normalized spacial score (nSPS) is 12.1. The van der Waals surface area contributed by atoms with Crippen LogP contribution in [0.2, 0.25) is 5.32 Å². The van der Waals surface area contributed by atoms with Gasteiger partial charge in [0.15, 0.2) is 0 Å². The van der Waals surface area contributed by atoms with Crippen molar-refractivity contribution in [3.63, 3.8) is 0 Å². The molecule has 4 heteroatoms. The van der Waals surface area contributed by atoms with Gasteiger partial charge in [-0.2, -0.15) is 0 Å². The van der Waals surface area contributed by atoms with Crippen LogP contribution in [-0.4, -0.2) is 31.7 Å². The number of hydrogen-bond donors (Lipinski definition) is 0. The monoisotopic (exact) mass is 332 g/mol. The molecule has 0 spiro atoms. The van der Waals surface area contributed by atoms with Crippen LogP contribution in [0.5, 0.6) is 0 Å². The number of hydrogen-bond acceptors (Lipinski definition) is 3. The van der Waals surface area contributed by atoms with Gasteiger partial charge in [-0.1, -0.05) is 0 Å². The Kier molecular flexibility index (Phi) is 8.23. The second kappa shape index (κ2) is 9.48. The topological polar surface area (TPSA) is 26.3 Å². The van der Waals surface area contributed by atoms with E-state index in [-0.39, 0.29) is 10.1 Å². The third-order valence-corrected chi connectivity index (χ3v) is 6.64. The number of rotatable bonds is 8. The Labute approximate surface area is 120 Å². The van der Waals surface area contributed by atoms with Crippen LogP contribution in [0.4, 0.5) is 0 Å². The summed E-state index contributed by atoms with van der Waals surface area (Å²) in [5.74, 6) is -0.0533. The zero-order chi connectivity index (χ0) is 13.2. The Morgan fingerprint density at radius 3 is 2.67 bits per heavy atom. The quantitative estimate of drug-likeness (QED) is 0.315. The fourth-order valence-corrected chi connectivity index (χ4v) is 5.57. The first-order valence-corrected chi connectivity index (χ1v) is 9.35. The van der Waals surface area contributed by atoms with Gasteiger partial charge in [0.05, 0.1) is 0 Å². The average molecular weight is 331 g/mol. The minimum atomic E-state index is -0.0533. The van der Waals surface area contributed by atoms with Crippen molar-refractivity contribution in [2.75, 3.05) is 6.61 Å². The summed E-state index contributed by atoms with van der Waals surface area (Å²) in [7, 11) is 0. The van der Waals surface area contributed by atoms with Gasteiger partial charge in [0.1, 0.15) is 0 Å². The number of ether oxygens (including phenoxy) is 1. The Bertz CT molecular complexity index is 343. The van der Waals surface area contributed by atoms with Gasteiger partial charge in [-0.3, -0.25) is 0 Å². The van der Waals surface area contributed by atoms with Crippen LogP contribution in [0.15, 0.2) is 35.2 Å². The molecule has 1 unspecified atom stereocenters. The zero-order valence-electron chi connectivity index (χ0n) is 10.9. The van der Waals surface area contributed by atoms with Crippen LogP contribution in [0, 0.1) is 0 Å². The Balaban J connectivity index is 2.56. The Hall–Kier alpha value is -0.441. The summed E-state index contributed by atoms with van der Waals surface area (Å²) < 4.78 is 5.15. The van der Waals surface area contributed by atoms with Crippen LogP contribution >= 0.6 is 11.8 Å². The van der Waals surface area contributed by atoms with Gasteiger partial charge in [-0.15, -0.1) is 0 Å². The van der Waals surface area contributed by atoms with Crippen molar-refractivity contribution in [1.82, 2.24) is 0 Å². The molecule has 0 aliphatic heterocycles. The molecule has 0 fully saturated rings. The second-order valence-corrected chi connectivity index (χ2v) is 8.14. The van der Waals surface area contributed by atoms with E-state index in [0.29, 0.717) is 21.6 Å². The standard InChI is InChI=1S/C14H20O2SSe/c1-3-5-11-18-14(13(15)16-4-2)17-12-9-7-6-8-10-12/h6-10,14H,3-5,11H2,1-2H3. The van der Waals surface area contributed by atoms with Gasteiger partial charge in [-0.05, 0) is 0 Å². The number of benzene rings is 1. The maximum absolute atomic E-state index is 11.9. The molecule has 1 aromatic carbocycles. The van der Waals surface area contributed by atoms with E-state index >= 15 is 0 Å². The van der Waals surface area contributed by atoms with Crippen LogP contribution in [-0.2, 0) is 9.53 Å². The minimum absolute atomic E-state index is 0.00796. The first-order chi connectivity index (χ1) is 8.77. The molecule has 0 aromatic heterocycles. The summed E-state index contributed by atoms with van der Waals surface area (Å²) in [5.41, 5.74) is 0. The van der Waals surface area contributed by atoms with Crippen molar-refractivity contribution < 1.29 is 9.53 Å². The number of thioether (sulfide) groups is 1. The first kappa shape index (κ1) is 15.6. The Morgan fingerprint density at radius 1 is 1.33 bits per heavy atom. The molecule has 0 bridgehead atoms. The second-order valence-electron chi connectivity index (χ2n) is 3.74. The van der Waals surface area contributed by atoms with E-state index in [2.05, 4.69) is 6.92 Å². The van der Waals surface area contributed by atoms with Gasteiger partial charge in [0.25, 0.3) is 0 Å². The van der Waals surface area contributed by atoms with Crippen LogP contribution in [0.25, 0.3) is 0 Å². The average Bonchev–Trinajstić information content (AvgIpc) is 2.39. The molecule has 0 amide bonds. The molecule has 0 N–H and O–H groups in total. The van der Waals surface area contributed by atoms with Crippen LogP contribution in [0.3, 0.4) is 0 Å². The molecular weight excluding hydrogens is 311 g/mol. The fraction of sp³-hybridized carbons (Fsp3) is 0.500. The van der Waals surface area contributed by atoms with Gasteiger partial charge >= 0.3 is 120 Å². The van der Waals surface area contributed by atoms with E-state index < -0.39 is 0 Å². The molecule has 0 radical (unpaired) electrons. The van der Waals surface area contributed by atoms with E-state index in [1.54, 1.807) is 11.8 Å². The molecule has 100 valence electrons. The summed E-state index contributed by atoms with van der Waals surface area (Å²) >= 11 is 1.95. The molecule has 0 aliphatic rings. The molecule has 2 nitrogen and oxygen atoms in total. The number of esters is 1. The molecular formula is C14H20O2SSe. The molecule has 0 aliphatic carbocycles. The predicted molar refractivity (Wildman–Crippen MR) is 78.2 cm³/mol. The predicted octanol–water partition coefficient (Wildman–Crippen LogP) is 3.59. The summed E-state index contributed by atoms with van der Waals surface area (Å²) in [5, 5.41) is 1.15.